The summed E-state index contributed by atoms with van der Waals surface area (Å²) in [5, 5.41) is 2.47. The molecule has 0 fully saturated rings. The third kappa shape index (κ3) is 8.58. The Kier molecular flexibility index (Phi) is 9.03. The molecule has 0 heterocycles. The predicted molar refractivity (Wildman–Crippen MR) is 135 cm³/mol. The van der Waals surface area contributed by atoms with E-state index < -0.39 is 43.1 Å². The van der Waals surface area contributed by atoms with E-state index in [-0.39, 0.29) is 17.7 Å². The number of esters is 3. The smallest absolute Gasteiger partial charge is 0.349 e. The maximum absolute atomic E-state index is 12.7. The van der Waals surface area contributed by atoms with Gasteiger partial charge in [0.25, 0.3) is 5.91 Å². The van der Waals surface area contributed by atoms with Crippen LogP contribution in [0.25, 0.3) is 0 Å². The molecule has 0 radical (unpaired) electrons. The lowest BCUT2D eigenvalue weighted by atomic mass is 10.1. The molecule has 0 saturated heterocycles. The summed E-state index contributed by atoms with van der Waals surface area (Å²) in [6, 6.07) is 17.5. The van der Waals surface area contributed by atoms with E-state index in [1.165, 1.54) is 36.4 Å². The zero-order chi connectivity index (χ0) is 26.8. The van der Waals surface area contributed by atoms with Gasteiger partial charge < -0.3 is 36.7 Å². The van der Waals surface area contributed by atoms with Crippen molar-refractivity contribution in [3.05, 3.63) is 83.9 Å². The number of rotatable bonds is 10. The lowest BCUT2D eigenvalue weighted by Gasteiger charge is -2.18. The molecule has 3 aromatic carbocycles. The minimum atomic E-state index is -1.18. The van der Waals surface area contributed by atoms with Crippen molar-refractivity contribution >= 4 is 40.9 Å². The number of benzene rings is 3. The fraction of sp³-hybridized carbons (Fsp3) is 0.154. The molecule has 0 bridgehead atoms. The highest BCUT2D eigenvalue weighted by molar-refractivity contribution is 5.92. The van der Waals surface area contributed by atoms with E-state index in [0.717, 1.165) is 0 Å². The van der Waals surface area contributed by atoms with Crippen molar-refractivity contribution in [2.75, 3.05) is 30.4 Å². The number of carbonyl (C=O) groups is 4. The second-order valence-electron chi connectivity index (χ2n) is 7.91. The van der Waals surface area contributed by atoms with Gasteiger partial charge in [0.15, 0.2) is 13.2 Å². The molecule has 1 atom stereocenters. The first kappa shape index (κ1) is 26.5. The highest BCUT2D eigenvalue weighted by atomic mass is 16.6. The molecule has 11 nitrogen and oxygen atoms in total. The molecular weight excluding hydrogens is 480 g/mol. The number of hydrogen-bond donors (Lipinski definition) is 4. The summed E-state index contributed by atoms with van der Waals surface area (Å²) in [5.41, 5.74) is 19.2. The zero-order valence-corrected chi connectivity index (χ0v) is 19.7. The number of nitrogen functional groups attached to an aromatic ring is 3. The molecule has 0 spiro atoms. The molecule has 192 valence electrons. The summed E-state index contributed by atoms with van der Waals surface area (Å²) >= 11 is 0. The highest BCUT2D eigenvalue weighted by Gasteiger charge is 2.25. The third-order valence-corrected chi connectivity index (χ3v) is 4.96. The van der Waals surface area contributed by atoms with Crippen LogP contribution in [-0.4, -0.2) is 43.1 Å². The normalized spacial score (nSPS) is 11.1. The molecular formula is C26H26N4O7. The molecule has 0 aliphatic carbocycles. The van der Waals surface area contributed by atoms with Gasteiger partial charge in [0.05, 0.1) is 5.56 Å². The van der Waals surface area contributed by atoms with Gasteiger partial charge in [-0.1, -0.05) is 12.1 Å². The Labute approximate surface area is 212 Å². The highest BCUT2D eigenvalue weighted by Crippen LogP contribution is 2.14. The van der Waals surface area contributed by atoms with Gasteiger partial charge in [-0.15, -0.1) is 0 Å². The number of hydrogen-bond acceptors (Lipinski definition) is 10. The van der Waals surface area contributed by atoms with Crippen molar-refractivity contribution in [1.82, 2.24) is 5.32 Å². The fourth-order valence-corrected chi connectivity index (χ4v) is 3.08. The Balaban J connectivity index is 1.58. The molecule has 0 aromatic heterocycles. The number of amides is 1. The molecule has 3 aromatic rings. The van der Waals surface area contributed by atoms with E-state index in [1.807, 2.05) is 0 Å². The van der Waals surface area contributed by atoms with Crippen molar-refractivity contribution in [3.63, 3.8) is 0 Å². The maximum atomic E-state index is 12.7. The van der Waals surface area contributed by atoms with Crippen LogP contribution in [0.2, 0.25) is 0 Å². The van der Waals surface area contributed by atoms with E-state index in [4.69, 9.17) is 31.4 Å². The van der Waals surface area contributed by atoms with E-state index in [0.29, 0.717) is 22.6 Å². The summed E-state index contributed by atoms with van der Waals surface area (Å²) in [5.74, 6) is -2.97. The minimum Gasteiger partial charge on any atom is -0.452 e. The average molecular weight is 507 g/mol. The molecule has 3 rings (SSSR count). The van der Waals surface area contributed by atoms with Crippen LogP contribution >= 0.6 is 0 Å². The number of anilines is 3. The Hall–Kier alpha value is -5.06. The molecule has 11 heteroatoms. The van der Waals surface area contributed by atoms with Crippen molar-refractivity contribution in [3.8, 4) is 5.75 Å². The second kappa shape index (κ2) is 12.6. The maximum Gasteiger partial charge on any atom is 0.349 e. The number of nitrogens with one attached hydrogen (secondary N) is 1. The van der Waals surface area contributed by atoms with Gasteiger partial charge >= 0.3 is 17.9 Å². The lowest BCUT2D eigenvalue weighted by molar-refractivity contribution is -0.156. The minimum absolute atomic E-state index is 0.0315. The van der Waals surface area contributed by atoms with Crippen LogP contribution < -0.4 is 27.3 Å². The first-order valence-corrected chi connectivity index (χ1v) is 11.1. The van der Waals surface area contributed by atoms with Crippen molar-refractivity contribution in [2.24, 2.45) is 0 Å². The van der Waals surface area contributed by atoms with Crippen molar-refractivity contribution in [1.29, 1.82) is 0 Å². The molecule has 7 N–H and O–H groups in total. The largest absolute Gasteiger partial charge is 0.452 e. The van der Waals surface area contributed by atoms with Gasteiger partial charge in [-0.05, 0) is 66.2 Å². The third-order valence-electron chi connectivity index (χ3n) is 4.96. The van der Waals surface area contributed by atoms with Crippen LogP contribution in [-0.2, 0) is 30.3 Å². The van der Waals surface area contributed by atoms with Gasteiger partial charge in [0, 0.05) is 23.5 Å². The number of carbonyl (C=O) groups excluding carboxylic acids is 4. The molecule has 1 unspecified atom stereocenters. The molecule has 0 aliphatic rings. The van der Waals surface area contributed by atoms with Gasteiger partial charge in [0.1, 0.15) is 11.8 Å². The first-order chi connectivity index (χ1) is 17.7. The quantitative estimate of drug-likeness (QED) is 0.178. The van der Waals surface area contributed by atoms with E-state index in [1.54, 1.807) is 36.4 Å². The zero-order valence-electron chi connectivity index (χ0n) is 19.7. The molecule has 0 aliphatic heterocycles. The first-order valence-electron chi connectivity index (χ1n) is 11.1. The van der Waals surface area contributed by atoms with E-state index >= 15 is 0 Å². The number of ether oxygens (including phenoxy) is 3. The van der Waals surface area contributed by atoms with E-state index in [2.05, 4.69) is 5.32 Å². The predicted octanol–water partition coefficient (Wildman–Crippen LogP) is 1.47. The van der Waals surface area contributed by atoms with Gasteiger partial charge in [-0.25, -0.2) is 14.4 Å². The Morgan fingerprint density at radius 1 is 0.703 bits per heavy atom. The van der Waals surface area contributed by atoms with Crippen LogP contribution in [0.4, 0.5) is 17.1 Å². The monoisotopic (exact) mass is 506 g/mol. The van der Waals surface area contributed by atoms with Gasteiger partial charge in [-0.2, -0.15) is 0 Å². The summed E-state index contributed by atoms with van der Waals surface area (Å²) in [4.78, 5) is 49.4. The van der Waals surface area contributed by atoms with Crippen LogP contribution in [0.5, 0.6) is 5.75 Å². The summed E-state index contributed by atoms with van der Waals surface area (Å²) in [6.45, 7) is -1.34. The number of nitrogens with two attached hydrogens (primary N) is 3. The Morgan fingerprint density at radius 2 is 1.24 bits per heavy atom. The SMILES string of the molecule is Nc1ccc(CC(NC(=O)COC(=O)c2ccc(N)cc2)C(=O)OCC(=O)Oc2ccc(N)cc2)cc1. The summed E-state index contributed by atoms with van der Waals surface area (Å²) in [6.07, 6.45) is 0.0315. The van der Waals surface area contributed by atoms with Crippen LogP contribution in [0.3, 0.4) is 0 Å². The Morgan fingerprint density at radius 3 is 1.84 bits per heavy atom. The molecule has 0 saturated carbocycles. The Bertz CT molecular complexity index is 1240. The van der Waals surface area contributed by atoms with Crippen LogP contribution in [0.1, 0.15) is 15.9 Å². The fourth-order valence-electron chi connectivity index (χ4n) is 3.08. The van der Waals surface area contributed by atoms with Crippen LogP contribution in [0.15, 0.2) is 72.8 Å². The second-order valence-corrected chi connectivity index (χ2v) is 7.91. The average Bonchev–Trinajstić information content (AvgIpc) is 2.88. The molecule has 1 amide bonds. The van der Waals surface area contributed by atoms with Gasteiger partial charge in [-0.3, -0.25) is 4.79 Å². The topological polar surface area (TPSA) is 186 Å². The van der Waals surface area contributed by atoms with E-state index in [9.17, 15) is 19.2 Å². The summed E-state index contributed by atoms with van der Waals surface area (Å²) < 4.78 is 15.2. The standard InChI is InChI=1S/C26H26N4O7/c27-18-5-1-16(2-6-18)13-22(26(34)36-15-24(32)37-21-11-9-20(29)10-12-21)30-23(31)14-35-25(33)17-3-7-19(28)8-4-17/h1-12,22H,13-15,27-29H2,(H,30,31). The van der Waals surface area contributed by atoms with Gasteiger partial charge in [0.2, 0.25) is 0 Å². The van der Waals surface area contributed by atoms with Crippen molar-refractivity contribution in [2.45, 2.75) is 12.5 Å². The van der Waals surface area contributed by atoms with Crippen LogP contribution in [0, 0.1) is 0 Å². The lowest BCUT2D eigenvalue weighted by Crippen LogP contribution is -2.45. The molecule has 37 heavy (non-hydrogen) atoms. The van der Waals surface area contributed by atoms with Crippen molar-refractivity contribution < 1.29 is 33.4 Å². The summed E-state index contributed by atoms with van der Waals surface area (Å²) in [7, 11) is 0.